The van der Waals surface area contributed by atoms with Gasteiger partial charge in [-0.1, -0.05) is 0 Å². The molecule has 3 nitrogen and oxygen atoms in total. The van der Waals surface area contributed by atoms with Crippen LogP contribution < -0.4 is 5.32 Å². The van der Waals surface area contributed by atoms with Gasteiger partial charge in [0.25, 0.3) is 0 Å². The maximum absolute atomic E-state index is 12.9. The van der Waals surface area contributed by atoms with E-state index < -0.39 is 17.7 Å². The van der Waals surface area contributed by atoms with E-state index in [0.29, 0.717) is 5.56 Å². The molecule has 2 rings (SSSR count). The molecule has 0 bridgehead atoms. The van der Waals surface area contributed by atoms with Crippen LogP contribution in [0.15, 0.2) is 18.2 Å². The quantitative estimate of drug-likeness (QED) is 0.760. The minimum absolute atomic E-state index is 0.0806. The van der Waals surface area contributed by atoms with E-state index in [2.05, 4.69) is 5.32 Å². The third-order valence-electron chi connectivity index (χ3n) is 2.16. The molecule has 1 heterocycles. The summed E-state index contributed by atoms with van der Waals surface area (Å²) in [7, 11) is 0. The first kappa shape index (κ1) is 10.0. The van der Waals surface area contributed by atoms with Crippen molar-refractivity contribution in [2.75, 3.05) is 13.2 Å². The van der Waals surface area contributed by atoms with Crippen LogP contribution in [0.1, 0.15) is 11.7 Å². The smallest absolute Gasteiger partial charge is 0.246 e. The molecule has 0 radical (unpaired) electrons. The summed E-state index contributed by atoms with van der Waals surface area (Å²) in [6.45, 7) is 0.157. The molecular formula is C10H9F2NO2. The average molecular weight is 213 g/mol. The minimum Gasteiger partial charge on any atom is -0.362 e. The SMILES string of the molecule is O=C1COC(c2cc(F)cc(F)c2)CN1. The predicted octanol–water partition coefficient (Wildman–Crippen LogP) is 1.15. The Bertz CT molecular complexity index is 365. The van der Waals surface area contributed by atoms with Crippen LogP contribution in [-0.2, 0) is 9.53 Å². The maximum atomic E-state index is 12.9. The van der Waals surface area contributed by atoms with E-state index in [1.807, 2.05) is 0 Å². The molecule has 1 fully saturated rings. The Labute approximate surface area is 85.0 Å². The second-order valence-electron chi connectivity index (χ2n) is 3.31. The summed E-state index contributed by atoms with van der Waals surface area (Å²) in [6, 6.07) is 3.20. The molecule has 1 unspecified atom stereocenters. The zero-order chi connectivity index (χ0) is 10.8. The van der Waals surface area contributed by atoms with Gasteiger partial charge in [0.15, 0.2) is 0 Å². The van der Waals surface area contributed by atoms with Gasteiger partial charge in [-0.2, -0.15) is 0 Å². The third-order valence-corrected chi connectivity index (χ3v) is 2.16. The van der Waals surface area contributed by atoms with Crippen LogP contribution in [0.25, 0.3) is 0 Å². The minimum atomic E-state index is -0.648. The summed E-state index contributed by atoms with van der Waals surface area (Å²) < 4.78 is 30.9. The Morgan fingerprint density at radius 1 is 1.27 bits per heavy atom. The maximum Gasteiger partial charge on any atom is 0.246 e. The predicted molar refractivity (Wildman–Crippen MR) is 48.1 cm³/mol. The second-order valence-corrected chi connectivity index (χ2v) is 3.31. The molecule has 1 atom stereocenters. The van der Waals surface area contributed by atoms with Gasteiger partial charge < -0.3 is 10.1 Å². The van der Waals surface area contributed by atoms with Crippen molar-refractivity contribution in [3.8, 4) is 0 Å². The molecule has 1 aromatic carbocycles. The van der Waals surface area contributed by atoms with Gasteiger partial charge in [0.05, 0.1) is 0 Å². The molecule has 80 valence electrons. The Balaban J connectivity index is 2.18. The molecule has 1 N–H and O–H groups in total. The Morgan fingerprint density at radius 3 is 2.47 bits per heavy atom. The van der Waals surface area contributed by atoms with Crippen LogP contribution in [-0.4, -0.2) is 19.1 Å². The number of ether oxygens (including phenoxy) is 1. The van der Waals surface area contributed by atoms with Crippen LogP contribution in [0.4, 0.5) is 8.78 Å². The zero-order valence-electron chi connectivity index (χ0n) is 7.80. The van der Waals surface area contributed by atoms with Crippen LogP contribution in [0.2, 0.25) is 0 Å². The van der Waals surface area contributed by atoms with E-state index in [-0.39, 0.29) is 19.1 Å². The lowest BCUT2D eigenvalue weighted by molar-refractivity contribution is -0.133. The van der Waals surface area contributed by atoms with E-state index in [1.165, 1.54) is 12.1 Å². The van der Waals surface area contributed by atoms with Crippen LogP contribution in [0.5, 0.6) is 0 Å². The summed E-state index contributed by atoms with van der Waals surface area (Å²) in [4.78, 5) is 10.8. The molecule has 0 saturated carbocycles. The third kappa shape index (κ3) is 2.30. The van der Waals surface area contributed by atoms with Crippen molar-refractivity contribution in [3.05, 3.63) is 35.4 Å². The summed E-state index contributed by atoms with van der Waals surface area (Å²) in [5.41, 5.74) is 0.396. The summed E-state index contributed by atoms with van der Waals surface area (Å²) in [6.07, 6.45) is -0.479. The molecule has 1 amide bonds. The van der Waals surface area contributed by atoms with Gasteiger partial charge in [0.2, 0.25) is 5.91 Å². The fourth-order valence-electron chi connectivity index (χ4n) is 1.47. The monoisotopic (exact) mass is 213 g/mol. The zero-order valence-corrected chi connectivity index (χ0v) is 7.80. The molecule has 0 aliphatic carbocycles. The van der Waals surface area contributed by atoms with Crippen LogP contribution in [0.3, 0.4) is 0 Å². The van der Waals surface area contributed by atoms with Crippen molar-refractivity contribution in [1.29, 1.82) is 0 Å². The fraction of sp³-hybridized carbons (Fsp3) is 0.300. The highest BCUT2D eigenvalue weighted by Crippen LogP contribution is 2.20. The highest BCUT2D eigenvalue weighted by molar-refractivity contribution is 5.77. The van der Waals surface area contributed by atoms with Crippen molar-refractivity contribution in [2.45, 2.75) is 6.10 Å². The van der Waals surface area contributed by atoms with E-state index in [0.717, 1.165) is 6.07 Å². The molecule has 1 aromatic rings. The molecule has 15 heavy (non-hydrogen) atoms. The van der Waals surface area contributed by atoms with E-state index in [9.17, 15) is 13.6 Å². The first-order valence-electron chi connectivity index (χ1n) is 4.49. The van der Waals surface area contributed by atoms with Crippen LogP contribution in [0, 0.1) is 11.6 Å². The molecule has 5 heteroatoms. The summed E-state index contributed by atoms with van der Waals surface area (Å²) >= 11 is 0. The number of hydrogen-bond acceptors (Lipinski definition) is 2. The number of benzene rings is 1. The molecule has 1 aliphatic heterocycles. The average Bonchev–Trinajstić information content (AvgIpc) is 2.17. The number of halogens is 2. The number of nitrogens with one attached hydrogen (secondary N) is 1. The van der Waals surface area contributed by atoms with Crippen molar-refractivity contribution >= 4 is 5.91 Å². The molecule has 0 aromatic heterocycles. The standard InChI is InChI=1S/C10H9F2NO2/c11-7-1-6(2-8(12)3-7)9-4-13-10(14)5-15-9/h1-3,9H,4-5H2,(H,13,14). The lowest BCUT2D eigenvalue weighted by Gasteiger charge is -2.23. The van der Waals surface area contributed by atoms with Gasteiger partial charge >= 0.3 is 0 Å². The molecule has 0 spiro atoms. The Hall–Kier alpha value is -1.49. The molecule has 1 aliphatic rings. The number of morpholine rings is 1. The lowest BCUT2D eigenvalue weighted by Crippen LogP contribution is -2.38. The van der Waals surface area contributed by atoms with Gasteiger partial charge in [-0.25, -0.2) is 8.78 Å². The Morgan fingerprint density at radius 2 is 1.93 bits per heavy atom. The normalized spacial score (nSPS) is 21.2. The number of carbonyl (C=O) groups excluding carboxylic acids is 1. The van der Waals surface area contributed by atoms with Crippen molar-refractivity contribution < 1.29 is 18.3 Å². The van der Waals surface area contributed by atoms with Gasteiger partial charge in [0.1, 0.15) is 24.3 Å². The molecular weight excluding hydrogens is 204 g/mol. The van der Waals surface area contributed by atoms with E-state index in [1.54, 1.807) is 0 Å². The number of carbonyl (C=O) groups is 1. The van der Waals surface area contributed by atoms with Gasteiger partial charge in [-0.15, -0.1) is 0 Å². The van der Waals surface area contributed by atoms with Gasteiger partial charge in [-0.05, 0) is 17.7 Å². The first-order chi connectivity index (χ1) is 7.15. The second kappa shape index (κ2) is 3.94. The first-order valence-corrected chi connectivity index (χ1v) is 4.49. The summed E-state index contributed by atoms with van der Waals surface area (Å²) in [5, 5.41) is 2.56. The van der Waals surface area contributed by atoms with Crippen molar-refractivity contribution in [3.63, 3.8) is 0 Å². The van der Waals surface area contributed by atoms with Crippen LogP contribution >= 0.6 is 0 Å². The van der Waals surface area contributed by atoms with Gasteiger partial charge in [-0.3, -0.25) is 4.79 Å². The number of rotatable bonds is 1. The highest BCUT2D eigenvalue weighted by Gasteiger charge is 2.20. The van der Waals surface area contributed by atoms with E-state index in [4.69, 9.17) is 4.74 Å². The lowest BCUT2D eigenvalue weighted by atomic mass is 10.1. The van der Waals surface area contributed by atoms with Crippen molar-refractivity contribution in [1.82, 2.24) is 5.32 Å². The summed E-state index contributed by atoms with van der Waals surface area (Å²) in [5.74, 6) is -1.51. The largest absolute Gasteiger partial charge is 0.362 e. The Kier molecular flexibility index (Phi) is 2.64. The topological polar surface area (TPSA) is 38.3 Å². The van der Waals surface area contributed by atoms with Crippen molar-refractivity contribution in [2.24, 2.45) is 0 Å². The highest BCUT2D eigenvalue weighted by atomic mass is 19.1. The molecule has 1 saturated heterocycles. The number of hydrogen-bond donors (Lipinski definition) is 1. The fourth-order valence-corrected chi connectivity index (χ4v) is 1.47. The van der Waals surface area contributed by atoms with E-state index >= 15 is 0 Å². The number of amides is 1. The van der Waals surface area contributed by atoms with Gasteiger partial charge in [0, 0.05) is 12.6 Å².